The van der Waals surface area contributed by atoms with E-state index in [9.17, 15) is 9.59 Å². The van der Waals surface area contributed by atoms with Gasteiger partial charge in [0.1, 0.15) is 0 Å². The van der Waals surface area contributed by atoms with Crippen LogP contribution in [0.5, 0.6) is 0 Å². The van der Waals surface area contributed by atoms with Crippen LogP contribution in [0.4, 0.5) is 0 Å². The van der Waals surface area contributed by atoms with E-state index in [1.165, 1.54) is 0 Å². The molecule has 0 fully saturated rings. The third-order valence-corrected chi connectivity index (χ3v) is 2.78. The van der Waals surface area contributed by atoms with Crippen molar-refractivity contribution >= 4 is 11.9 Å². The van der Waals surface area contributed by atoms with Gasteiger partial charge >= 0.3 is 11.9 Å². The summed E-state index contributed by atoms with van der Waals surface area (Å²) in [6, 6.07) is 0. The average Bonchev–Trinajstić information content (AvgIpc) is 2.42. The maximum absolute atomic E-state index is 11.5. The monoisotopic (exact) mass is 304 g/mol. The lowest BCUT2D eigenvalue weighted by molar-refractivity contribution is -0.478. The number of carbonyl (C=O) groups excluding carboxylic acids is 2. The molecule has 0 N–H and O–H groups in total. The third kappa shape index (κ3) is 8.67. The zero-order valence-corrected chi connectivity index (χ0v) is 13.9. The molecule has 0 aliphatic rings. The van der Waals surface area contributed by atoms with Gasteiger partial charge in [0, 0.05) is 6.42 Å². The topological polar surface area (TPSA) is 71.1 Å². The van der Waals surface area contributed by atoms with Crippen LogP contribution in [0, 0.1) is 11.8 Å². The van der Waals surface area contributed by atoms with Crippen LogP contribution in [0.25, 0.3) is 0 Å². The predicted octanol–water partition coefficient (Wildman–Crippen LogP) is 3.54. The molecule has 0 unspecified atom stereocenters. The Bertz CT molecular complexity index is 300. The zero-order valence-electron chi connectivity index (χ0n) is 13.9. The highest BCUT2D eigenvalue weighted by Crippen LogP contribution is 2.23. The van der Waals surface area contributed by atoms with Gasteiger partial charge < -0.3 is 0 Å². The van der Waals surface area contributed by atoms with Gasteiger partial charge in [-0.1, -0.05) is 47.5 Å². The normalized spacial score (nSPS) is 11.8. The van der Waals surface area contributed by atoms with Crippen molar-refractivity contribution in [2.45, 2.75) is 73.0 Å². The van der Waals surface area contributed by atoms with Crippen molar-refractivity contribution in [3.8, 4) is 0 Å². The number of hydrogen-bond donors (Lipinski definition) is 0. The fraction of sp³-hybridized carbons (Fsp3) is 0.867. The lowest BCUT2D eigenvalue weighted by Crippen LogP contribution is -2.35. The molecule has 124 valence electrons. The van der Waals surface area contributed by atoms with Crippen molar-refractivity contribution in [3.63, 3.8) is 0 Å². The molecular formula is C15H28O6. The van der Waals surface area contributed by atoms with Crippen molar-refractivity contribution in [1.29, 1.82) is 0 Å². The van der Waals surface area contributed by atoms with E-state index in [1.54, 1.807) is 34.6 Å². The molecule has 0 aliphatic carbocycles. The molecule has 0 rings (SSSR count). The Hall–Kier alpha value is -1.14. The third-order valence-electron chi connectivity index (χ3n) is 2.78. The Morgan fingerprint density at radius 2 is 1.33 bits per heavy atom. The SMILES string of the molecule is CCCCCC(C)(OOC(=O)C(C)C)OOC(=O)C(C)C. The minimum Gasteiger partial charge on any atom is -0.295 e. The van der Waals surface area contributed by atoms with Crippen LogP contribution in [0.2, 0.25) is 0 Å². The number of rotatable bonds is 10. The molecule has 0 amide bonds. The highest BCUT2D eigenvalue weighted by Gasteiger charge is 2.33. The lowest BCUT2D eigenvalue weighted by atomic mass is 10.1. The summed E-state index contributed by atoms with van der Waals surface area (Å²) in [7, 11) is 0. The highest BCUT2D eigenvalue weighted by atomic mass is 17.3. The summed E-state index contributed by atoms with van der Waals surface area (Å²) < 4.78 is 0. The summed E-state index contributed by atoms with van der Waals surface area (Å²) in [6.07, 6.45) is 3.23. The molecule has 0 aromatic rings. The van der Waals surface area contributed by atoms with Crippen molar-refractivity contribution in [1.82, 2.24) is 0 Å². The zero-order chi connectivity index (χ0) is 16.5. The molecule has 0 heterocycles. The van der Waals surface area contributed by atoms with Gasteiger partial charge in [-0.05, 0) is 13.3 Å². The molecule has 0 saturated carbocycles. The summed E-state index contributed by atoms with van der Waals surface area (Å²) in [4.78, 5) is 42.5. The van der Waals surface area contributed by atoms with Crippen LogP contribution in [-0.4, -0.2) is 17.7 Å². The van der Waals surface area contributed by atoms with Gasteiger partial charge in [-0.3, -0.25) is 9.78 Å². The van der Waals surface area contributed by atoms with E-state index in [1.807, 2.05) is 0 Å². The Morgan fingerprint density at radius 3 is 1.67 bits per heavy atom. The second-order valence-corrected chi connectivity index (χ2v) is 5.87. The van der Waals surface area contributed by atoms with Crippen molar-refractivity contribution in [3.05, 3.63) is 0 Å². The van der Waals surface area contributed by atoms with Crippen LogP contribution in [-0.2, 0) is 29.1 Å². The van der Waals surface area contributed by atoms with E-state index < -0.39 is 17.7 Å². The van der Waals surface area contributed by atoms with Crippen LogP contribution in [0.3, 0.4) is 0 Å². The molecule has 0 spiro atoms. The van der Waals surface area contributed by atoms with Crippen molar-refractivity contribution in [2.75, 3.05) is 0 Å². The molecule has 6 nitrogen and oxygen atoms in total. The summed E-state index contributed by atoms with van der Waals surface area (Å²) >= 11 is 0. The first-order valence-electron chi connectivity index (χ1n) is 7.51. The van der Waals surface area contributed by atoms with Gasteiger partial charge in [0.05, 0.1) is 11.8 Å². The number of hydrogen-bond acceptors (Lipinski definition) is 6. The van der Waals surface area contributed by atoms with Crippen molar-refractivity contribution < 1.29 is 29.1 Å². The molecule has 0 aromatic heterocycles. The summed E-state index contributed by atoms with van der Waals surface area (Å²) in [5.41, 5.74) is 0. The van der Waals surface area contributed by atoms with Crippen LogP contribution in [0.15, 0.2) is 0 Å². The van der Waals surface area contributed by atoms with E-state index in [0.717, 1.165) is 19.3 Å². The predicted molar refractivity (Wildman–Crippen MR) is 76.6 cm³/mol. The van der Waals surface area contributed by atoms with Gasteiger partial charge in [0.2, 0.25) is 0 Å². The van der Waals surface area contributed by atoms with E-state index in [-0.39, 0.29) is 11.8 Å². The molecule has 0 saturated heterocycles. The first-order valence-corrected chi connectivity index (χ1v) is 7.51. The fourth-order valence-electron chi connectivity index (χ4n) is 1.24. The Balaban J connectivity index is 4.52. The summed E-state index contributed by atoms with van der Waals surface area (Å²) in [6.45, 7) is 10.4. The van der Waals surface area contributed by atoms with Gasteiger partial charge in [0.25, 0.3) is 5.79 Å². The van der Waals surface area contributed by atoms with Gasteiger partial charge in [-0.15, -0.1) is 9.78 Å². The van der Waals surface area contributed by atoms with Crippen LogP contribution in [0.1, 0.15) is 67.2 Å². The van der Waals surface area contributed by atoms with Crippen molar-refractivity contribution in [2.24, 2.45) is 11.8 Å². The molecule has 0 radical (unpaired) electrons. The Kier molecular flexibility index (Phi) is 9.21. The van der Waals surface area contributed by atoms with E-state index in [4.69, 9.17) is 19.6 Å². The lowest BCUT2D eigenvalue weighted by Gasteiger charge is -2.26. The standard InChI is InChI=1S/C15H28O6/c1-7-8-9-10-15(6,20-18-13(16)11(2)3)21-19-14(17)12(4)5/h11-12H,7-10H2,1-6H3. The van der Waals surface area contributed by atoms with Crippen LogP contribution < -0.4 is 0 Å². The molecular weight excluding hydrogens is 276 g/mol. The van der Waals surface area contributed by atoms with Gasteiger partial charge in [-0.25, -0.2) is 9.59 Å². The molecule has 21 heavy (non-hydrogen) atoms. The summed E-state index contributed by atoms with van der Waals surface area (Å²) in [5, 5.41) is 0. The second-order valence-electron chi connectivity index (χ2n) is 5.87. The largest absolute Gasteiger partial charge is 0.345 e. The second kappa shape index (κ2) is 9.73. The fourth-order valence-corrected chi connectivity index (χ4v) is 1.24. The maximum atomic E-state index is 11.5. The molecule has 0 bridgehead atoms. The van der Waals surface area contributed by atoms with Gasteiger partial charge in [-0.2, -0.15) is 0 Å². The first kappa shape index (κ1) is 19.9. The van der Waals surface area contributed by atoms with E-state index in [0.29, 0.717) is 6.42 Å². The smallest absolute Gasteiger partial charge is 0.295 e. The Labute approximate surface area is 126 Å². The maximum Gasteiger partial charge on any atom is 0.345 e. The summed E-state index contributed by atoms with van der Waals surface area (Å²) in [5.74, 6) is -2.94. The average molecular weight is 304 g/mol. The van der Waals surface area contributed by atoms with E-state index >= 15 is 0 Å². The quantitative estimate of drug-likeness (QED) is 0.266. The Morgan fingerprint density at radius 1 is 0.905 bits per heavy atom. The number of unbranched alkanes of at least 4 members (excludes halogenated alkanes) is 2. The highest BCUT2D eigenvalue weighted by molar-refractivity contribution is 5.71. The minimum atomic E-state index is -1.30. The molecule has 0 atom stereocenters. The molecule has 6 heteroatoms. The van der Waals surface area contributed by atoms with E-state index in [2.05, 4.69) is 6.92 Å². The van der Waals surface area contributed by atoms with Crippen LogP contribution >= 0.6 is 0 Å². The molecule has 0 aliphatic heterocycles. The number of carbonyl (C=O) groups is 2. The first-order chi connectivity index (χ1) is 9.72. The minimum absolute atomic E-state index is 0.317. The molecule has 0 aromatic carbocycles. The van der Waals surface area contributed by atoms with Gasteiger partial charge in [0.15, 0.2) is 0 Å².